The van der Waals surface area contributed by atoms with Gasteiger partial charge in [0.15, 0.2) is 0 Å². The lowest BCUT2D eigenvalue weighted by Gasteiger charge is -2.05. The maximum atomic E-state index is 9.44. The second-order valence-corrected chi connectivity index (χ2v) is 3.10. The van der Waals surface area contributed by atoms with Crippen LogP contribution in [0.25, 0.3) is 0 Å². The summed E-state index contributed by atoms with van der Waals surface area (Å²) in [5.41, 5.74) is 0.793. The molecule has 1 aromatic rings. The van der Waals surface area contributed by atoms with Crippen LogP contribution in [-0.4, -0.2) is 30.0 Å². The zero-order valence-corrected chi connectivity index (χ0v) is 7.64. The normalized spacial score (nSPS) is 18.9. The van der Waals surface area contributed by atoms with Gasteiger partial charge in [-0.2, -0.15) is 0 Å². The fourth-order valence-corrected chi connectivity index (χ4v) is 1.43. The molecular weight excluding hydrogens is 184 g/mol. The molecule has 0 saturated heterocycles. The van der Waals surface area contributed by atoms with Crippen molar-refractivity contribution >= 4 is 0 Å². The molecule has 0 saturated carbocycles. The van der Waals surface area contributed by atoms with Crippen LogP contribution >= 0.6 is 0 Å². The predicted molar refractivity (Wildman–Crippen MR) is 49.5 cm³/mol. The first-order valence-corrected chi connectivity index (χ1v) is 4.49. The van der Waals surface area contributed by atoms with E-state index in [4.69, 9.17) is 14.6 Å². The van der Waals surface area contributed by atoms with Gasteiger partial charge in [0, 0.05) is 11.6 Å². The van der Waals surface area contributed by atoms with Crippen molar-refractivity contribution in [3.63, 3.8) is 0 Å². The molecule has 0 amide bonds. The van der Waals surface area contributed by atoms with Crippen molar-refractivity contribution in [2.45, 2.75) is 6.10 Å². The molecule has 0 aliphatic carbocycles. The third-order valence-electron chi connectivity index (χ3n) is 2.10. The summed E-state index contributed by atoms with van der Waals surface area (Å²) in [6.07, 6.45) is -0.531. The highest BCUT2D eigenvalue weighted by atomic mass is 16.5. The van der Waals surface area contributed by atoms with Crippen molar-refractivity contribution in [1.29, 1.82) is 0 Å². The average Bonchev–Trinajstić information content (AvgIpc) is 2.57. The molecule has 0 fully saturated rings. The second kappa shape index (κ2) is 3.86. The van der Waals surface area contributed by atoms with Crippen LogP contribution in [0.5, 0.6) is 11.5 Å². The first-order chi connectivity index (χ1) is 6.81. The standard InChI is InChI=1S/C10H12O4/c11-3-4-13-7-1-2-8-9(12)6-14-10(8)5-7/h1-2,5,9,11-12H,3-4,6H2. The minimum Gasteiger partial charge on any atom is -0.491 e. The Morgan fingerprint density at radius 2 is 2.36 bits per heavy atom. The average molecular weight is 196 g/mol. The molecule has 1 aliphatic heterocycles. The molecule has 1 aromatic carbocycles. The van der Waals surface area contributed by atoms with E-state index in [1.54, 1.807) is 18.2 Å². The van der Waals surface area contributed by atoms with E-state index >= 15 is 0 Å². The number of aliphatic hydroxyl groups excluding tert-OH is 2. The smallest absolute Gasteiger partial charge is 0.129 e. The maximum absolute atomic E-state index is 9.44. The molecular formula is C10H12O4. The van der Waals surface area contributed by atoms with Crippen LogP contribution in [0.2, 0.25) is 0 Å². The van der Waals surface area contributed by atoms with Gasteiger partial charge in [-0.05, 0) is 12.1 Å². The lowest BCUT2D eigenvalue weighted by atomic mass is 10.1. The quantitative estimate of drug-likeness (QED) is 0.738. The molecule has 1 atom stereocenters. The van der Waals surface area contributed by atoms with Gasteiger partial charge >= 0.3 is 0 Å². The van der Waals surface area contributed by atoms with Crippen LogP contribution < -0.4 is 9.47 Å². The molecule has 0 radical (unpaired) electrons. The fraction of sp³-hybridized carbons (Fsp3) is 0.400. The van der Waals surface area contributed by atoms with E-state index < -0.39 is 6.10 Å². The molecule has 14 heavy (non-hydrogen) atoms. The SMILES string of the molecule is OCCOc1ccc2c(c1)OCC2O. The molecule has 4 heteroatoms. The van der Waals surface area contributed by atoms with Gasteiger partial charge in [-0.3, -0.25) is 0 Å². The Labute approximate surface area is 81.7 Å². The third kappa shape index (κ3) is 1.66. The van der Waals surface area contributed by atoms with Crippen LogP contribution in [0, 0.1) is 0 Å². The summed E-state index contributed by atoms with van der Waals surface area (Å²) in [5, 5.41) is 18.0. The van der Waals surface area contributed by atoms with E-state index in [0.29, 0.717) is 18.1 Å². The number of ether oxygens (including phenoxy) is 2. The van der Waals surface area contributed by atoms with Crippen molar-refractivity contribution < 1.29 is 19.7 Å². The minimum atomic E-state index is -0.531. The number of benzene rings is 1. The highest BCUT2D eigenvalue weighted by molar-refractivity contribution is 5.44. The molecule has 0 bridgehead atoms. The molecule has 76 valence electrons. The topological polar surface area (TPSA) is 58.9 Å². The maximum Gasteiger partial charge on any atom is 0.129 e. The number of fused-ring (bicyclic) bond motifs is 1. The number of rotatable bonds is 3. The van der Waals surface area contributed by atoms with E-state index in [1.165, 1.54) is 0 Å². The first kappa shape index (κ1) is 9.30. The van der Waals surface area contributed by atoms with Crippen molar-refractivity contribution in [3.8, 4) is 11.5 Å². The summed E-state index contributed by atoms with van der Waals surface area (Å²) in [6, 6.07) is 5.26. The van der Waals surface area contributed by atoms with Gasteiger partial charge in [0.25, 0.3) is 0 Å². The molecule has 0 aromatic heterocycles. The minimum absolute atomic E-state index is 0.0133. The first-order valence-electron chi connectivity index (χ1n) is 4.49. The number of hydrogen-bond acceptors (Lipinski definition) is 4. The Morgan fingerprint density at radius 3 is 3.14 bits per heavy atom. The fourth-order valence-electron chi connectivity index (χ4n) is 1.43. The summed E-state index contributed by atoms with van der Waals surface area (Å²) in [6.45, 7) is 0.556. The van der Waals surface area contributed by atoms with E-state index in [1.807, 2.05) is 0 Å². The molecule has 4 nitrogen and oxygen atoms in total. The summed E-state index contributed by atoms with van der Waals surface area (Å²) in [4.78, 5) is 0. The number of aliphatic hydroxyl groups is 2. The molecule has 1 heterocycles. The largest absolute Gasteiger partial charge is 0.491 e. The van der Waals surface area contributed by atoms with Crippen LogP contribution in [0.4, 0.5) is 0 Å². The highest BCUT2D eigenvalue weighted by Gasteiger charge is 2.21. The van der Waals surface area contributed by atoms with Crippen molar-refractivity contribution in [2.24, 2.45) is 0 Å². The molecule has 0 spiro atoms. The van der Waals surface area contributed by atoms with Crippen LogP contribution in [0.3, 0.4) is 0 Å². The molecule has 1 unspecified atom stereocenters. The summed E-state index contributed by atoms with van der Waals surface area (Å²) in [5.74, 6) is 1.31. The van der Waals surface area contributed by atoms with Crippen LogP contribution in [-0.2, 0) is 0 Å². The van der Waals surface area contributed by atoms with Gasteiger partial charge < -0.3 is 19.7 Å². The zero-order chi connectivity index (χ0) is 9.97. The van der Waals surface area contributed by atoms with Gasteiger partial charge in [0.2, 0.25) is 0 Å². The Kier molecular flexibility index (Phi) is 2.56. The van der Waals surface area contributed by atoms with Crippen LogP contribution in [0.1, 0.15) is 11.7 Å². The van der Waals surface area contributed by atoms with E-state index in [-0.39, 0.29) is 13.2 Å². The predicted octanol–water partition coefficient (Wildman–Crippen LogP) is 0.483. The van der Waals surface area contributed by atoms with E-state index in [0.717, 1.165) is 5.56 Å². The summed E-state index contributed by atoms with van der Waals surface area (Å²) in [7, 11) is 0. The van der Waals surface area contributed by atoms with Gasteiger partial charge in [-0.1, -0.05) is 0 Å². The van der Waals surface area contributed by atoms with Gasteiger partial charge in [0.05, 0.1) is 6.61 Å². The monoisotopic (exact) mass is 196 g/mol. The molecule has 1 aliphatic rings. The number of hydrogen-bond donors (Lipinski definition) is 2. The van der Waals surface area contributed by atoms with Gasteiger partial charge in [-0.15, -0.1) is 0 Å². The Balaban J connectivity index is 2.15. The van der Waals surface area contributed by atoms with Crippen molar-refractivity contribution in [1.82, 2.24) is 0 Å². The summed E-state index contributed by atoms with van der Waals surface area (Å²) < 4.78 is 10.4. The zero-order valence-electron chi connectivity index (χ0n) is 7.64. The van der Waals surface area contributed by atoms with Crippen molar-refractivity contribution in [3.05, 3.63) is 23.8 Å². The third-order valence-corrected chi connectivity index (χ3v) is 2.10. The Morgan fingerprint density at radius 1 is 1.50 bits per heavy atom. The van der Waals surface area contributed by atoms with Crippen LogP contribution in [0.15, 0.2) is 18.2 Å². The van der Waals surface area contributed by atoms with E-state index in [2.05, 4.69) is 0 Å². The highest BCUT2D eigenvalue weighted by Crippen LogP contribution is 2.34. The second-order valence-electron chi connectivity index (χ2n) is 3.10. The van der Waals surface area contributed by atoms with Gasteiger partial charge in [0.1, 0.15) is 30.8 Å². The molecule has 2 N–H and O–H groups in total. The van der Waals surface area contributed by atoms with Gasteiger partial charge in [-0.25, -0.2) is 0 Å². The van der Waals surface area contributed by atoms with E-state index in [9.17, 15) is 5.11 Å². The van der Waals surface area contributed by atoms with Crippen molar-refractivity contribution in [2.75, 3.05) is 19.8 Å². The lowest BCUT2D eigenvalue weighted by Crippen LogP contribution is -2.01. The Hall–Kier alpha value is -1.26. The lowest BCUT2D eigenvalue weighted by molar-refractivity contribution is 0.140. The molecule has 2 rings (SSSR count). The Bertz CT molecular complexity index is 324. The summed E-state index contributed by atoms with van der Waals surface area (Å²) >= 11 is 0.